The Bertz CT molecular complexity index is 334. The molecule has 1 unspecified atom stereocenters. The predicted molar refractivity (Wildman–Crippen MR) is 59.3 cm³/mol. The maximum Gasteiger partial charge on any atom is 0.122 e. The third kappa shape index (κ3) is 2.70. The summed E-state index contributed by atoms with van der Waals surface area (Å²) in [4.78, 5) is 0. The predicted octanol–water partition coefficient (Wildman–Crippen LogP) is 1.99. The van der Waals surface area contributed by atoms with Gasteiger partial charge in [-0.1, -0.05) is 0 Å². The summed E-state index contributed by atoms with van der Waals surface area (Å²) in [7, 11) is 3.22. The number of aliphatic hydroxyl groups is 1. The summed E-state index contributed by atoms with van der Waals surface area (Å²) in [5.74, 6) is 0.848. The Kier molecular flexibility index (Phi) is 4.12. The first-order valence-corrected chi connectivity index (χ1v) is 4.92. The summed E-state index contributed by atoms with van der Waals surface area (Å²) in [6.45, 7) is 4.23. The fourth-order valence-electron chi connectivity index (χ4n) is 1.64. The summed E-state index contributed by atoms with van der Waals surface area (Å²) in [5, 5.41) is 9.82. The number of benzene rings is 1. The van der Waals surface area contributed by atoms with E-state index in [1.807, 2.05) is 26.0 Å². The molecule has 1 N–H and O–H groups in total. The number of hydrogen-bond donors (Lipinski definition) is 1. The molecule has 0 radical (unpaired) electrons. The SMILES string of the molecule is COCC(O)c1cc(C)c(OC)cc1C. The van der Waals surface area contributed by atoms with Crippen LogP contribution in [-0.4, -0.2) is 25.9 Å². The molecule has 0 spiro atoms. The van der Waals surface area contributed by atoms with E-state index in [9.17, 15) is 5.11 Å². The molecule has 3 heteroatoms. The van der Waals surface area contributed by atoms with Crippen molar-refractivity contribution in [3.8, 4) is 5.75 Å². The van der Waals surface area contributed by atoms with Gasteiger partial charge in [0.25, 0.3) is 0 Å². The molecular weight excluding hydrogens is 192 g/mol. The molecule has 0 aliphatic carbocycles. The van der Waals surface area contributed by atoms with Crippen LogP contribution in [0.15, 0.2) is 12.1 Å². The van der Waals surface area contributed by atoms with Gasteiger partial charge in [0, 0.05) is 7.11 Å². The molecule has 0 bridgehead atoms. The van der Waals surface area contributed by atoms with Crippen LogP contribution < -0.4 is 4.74 Å². The van der Waals surface area contributed by atoms with E-state index >= 15 is 0 Å². The number of hydrogen-bond acceptors (Lipinski definition) is 3. The lowest BCUT2D eigenvalue weighted by atomic mass is 10.0. The lowest BCUT2D eigenvalue weighted by molar-refractivity contribution is 0.0639. The van der Waals surface area contributed by atoms with Gasteiger partial charge in [0.2, 0.25) is 0 Å². The highest BCUT2D eigenvalue weighted by Gasteiger charge is 2.12. The van der Waals surface area contributed by atoms with Crippen LogP contribution in [0.5, 0.6) is 5.75 Å². The molecule has 84 valence electrons. The van der Waals surface area contributed by atoms with Gasteiger partial charge in [0.15, 0.2) is 0 Å². The zero-order valence-electron chi connectivity index (χ0n) is 9.70. The maximum atomic E-state index is 9.82. The quantitative estimate of drug-likeness (QED) is 0.826. The molecule has 0 fully saturated rings. The molecule has 0 aromatic heterocycles. The normalized spacial score (nSPS) is 12.6. The van der Waals surface area contributed by atoms with Crippen LogP contribution in [0.1, 0.15) is 22.8 Å². The van der Waals surface area contributed by atoms with Crippen LogP contribution >= 0.6 is 0 Å². The largest absolute Gasteiger partial charge is 0.496 e. The molecule has 0 aliphatic heterocycles. The van der Waals surface area contributed by atoms with Crippen molar-refractivity contribution in [1.29, 1.82) is 0 Å². The first-order chi connectivity index (χ1) is 7.10. The molecule has 0 saturated carbocycles. The van der Waals surface area contributed by atoms with E-state index in [1.54, 1.807) is 14.2 Å². The highest BCUT2D eigenvalue weighted by atomic mass is 16.5. The highest BCUT2D eigenvalue weighted by molar-refractivity contribution is 5.42. The third-order valence-electron chi connectivity index (χ3n) is 2.47. The molecule has 1 rings (SSSR count). The van der Waals surface area contributed by atoms with Crippen molar-refractivity contribution in [1.82, 2.24) is 0 Å². The summed E-state index contributed by atoms with van der Waals surface area (Å²) in [5.41, 5.74) is 2.94. The van der Waals surface area contributed by atoms with Gasteiger partial charge in [-0.15, -0.1) is 0 Å². The van der Waals surface area contributed by atoms with Gasteiger partial charge in [0.05, 0.1) is 13.7 Å². The average molecular weight is 210 g/mol. The Labute approximate surface area is 90.6 Å². The zero-order chi connectivity index (χ0) is 11.4. The van der Waals surface area contributed by atoms with Crippen molar-refractivity contribution in [2.45, 2.75) is 20.0 Å². The first kappa shape index (κ1) is 12.0. The van der Waals surface area contributed by atoms with Crippen LogP contribution in [-0.2, 0) is 4.74 Å². The van der Waals surface area contributed by atoms with E-state index in [-0.39, 0.29) is 0 Å². The average Bonchev–Trinajstić information content (AvgIpc) is 2.21. The summed E-state index contributed by atoms with van der Waals surface area (Å²) in [6.07, 6.45) is -0.570. The van der Waals surface area contributed by atoms with Gasteiger partial charge in [-0.25, -0.2) is 0 Å². The Morgan fingerprint density at radius 1 is 1.20 bits per heavy atom. The number of aryl methyl sites for hydroxylation is 2. The van der Waals surface area contributed by atoms with Crippen molar-refractivity contribution in [2.75, 3.05) is 20.8 Å². The maximum absolute atomic E-state index is 9.82. The molecule has 0 heterocycles. The standard InChI is InChI=1S/C12H18O3/c1-8-6-12(15-4)9(2)5-10(8)11(13)7-14-3/h5-6,11,13H,7H2,1-4H3. The highest BCUT2D eigenvalue weighted by Crippen LogP contribution is 2.26. The van der Waals surface area contributed by atoms with E-state index in [0.717, 1.165) is 22.4 Å². The number of aliphatic hydroxyl groups excluding tert-OH is 1. The van der Waals surface area contributed by atoms with E-state index < -0.39 is 6.10 Å². The van der Waals surface area contributed by atoms with E-state index in [4.69, 9.17) is 9.47 Å². The molecule has 1 aromatic carbocycles. The number of ether oxygens (including phenoxy) is 2. The van der Waals surface area contributed by atoms with Crippen LogP contribution in [0.3, 0.4) is 0 Å². The number of methoxy groups -OCH3 is 2. The van der Waals surface area contributed by atoms with Gasteiger partial charge in [-0.3, -0.25) is 0 Å². The molecule has 3 nitrogen and oxygen atoms in total. The molecule has 1 atom stereocenters. The zero-order valence-corrected chi connectivity index (χ0v) is 9.70. The second-order valence-corrected chi connectivity index (χ2v) is 3.65. The van der Waals surface area contributed by atoms with E-state index in [0.29, 0.717) is 6.61 Å². The van der Waals surface area contributed by atoms with Crippen LogP contribution in [0, 0.1) is 13.8 Å². The van der Waals surface area contributed by atoms with E-state index in [2.05, 4.69) is 0 Å². The molecule has 1 aromatic rings. The Morgan fingerprint density at radius 3 is 2.40 bits per heavy atom. The minimum Gasteiger partial charge on any atom is -0.496 e. The fourth-order valence-corrected chi connectivity index (χ4v) is 1.64. The van der Waals surface area contributed by atoms with Gasteiger partial charge < -0.3 is 14.6 Å². The van der Waals surface area contributed by atoms with E-state index in [1.165, 1.54) is 0 Å². The fraction of sp³-hybridized carbons (Fsp3) is 0.500. The summed E-state index contributed by atoms with van der Waals surface area (Å²) in [6, 6.07) is 3.88. The monoisotopic (exact) mass is 210 g/mol. The van der Waals surface area contributed by atoms with Gasteiger partial charge in [-0.05, 0) is 42.7 Å². The summed E-state index contributed by atoms with van der Waals surface area (Å²) < 4.78 is 10.1. The Hall–Kier alpha value is -1.06. The van der Waals surface area contributed by atoms with Crippen molar-refractivity contribution in [3.63, 3.8) is 0 Å². The minimum absolute atomic E-state index is 0.312. The second kappa shape index (κ2) is 5.14. The molecule has 0 saturated heterocycles. The minimum atomic E-state index is -0.570. The number of rotatable bonds is 4. The van der Waals surface area contributed by atoms with Crippen LogP contribution in [0.4, 0.5) is 0 Å². The molecule has 0 aliphatic rings. The van der Waals surface area contributed by atoms with Crippen molar-refractivity contribution in [2.24, 2.45) is 0 Å². The van der Waals surface area contributed by atoms with Crippen LogP contribution in [0.2, 0.25) is 0 Å². The van der Waals surface area contributed by atoms with Crippen molar-refractivity contribution < 1.29 is 14.6 Å². The van der Waals surface area contributed by atoms with Gasteiger partial charge in [-0.2, -0.15) is 0 Å². The van der Waals surface area contributed by atoms with Gasteiger partial charge >= 0.3 is 0 Å². The molecule has 0 amide bonds. The second-order valence-electron chi connectivity index (χ2n) is 3.65. The van der Waals surface area contributed by atoms with Crippen LogP contribution in [0.25, 0.3) is 0 Å². The topological polar surface area (TPSA) is 38.7 Å². The van der Waals surface area contributed by atoms with Crippen molar-refractivity contribution in [3.05, 3.63) is 28.8 Å². The Balaban J connectivity index is 3.04. The van der Waals surface area contributed by atoms with Crippen molar-refractivity contribution >= 4 is 0 Å². The third-order valence-corrected chi connectivity index (χ3v) is 2.47. The lowest BCUT2D eigenvalue weighted by Gasteiger charge is -2.15. The Morgan fingerprint density at radius 2 is 1.87 bits per heavy atom. The lowest BCUT2D eigenvalue weighted by Crippen LogP contribution is -2.07. The molecule has 15 heavy (non-hydrogen) atoms. The smallest absolute Gasteiger partial charge is 0.122 e. The summed E-state index contributed by atoms with van der Waals surface area (Å²) >= 11 is 0. The first-order valence-electron chi connectivity index (χ1n) is 4.92. The molecular formula is C12H18O3. The van der Waals surface area contributed by atoms with Gasteiger partial charge in [0.1, 0.15) is 11.9 Å².